The van der Waals surface area contributed by atoms with Crippen molar-refractivity contribution in [2.75, 3.05) is 26.1 Å². The topological polar surface area (TPSA) is 44.5 Å². The molecule has 0 aliphatic rings. The number of aryl methyl sites for hydroxylation is 1. The highest BCUT2D eigenvalue weighted by atomic mass is 79.9. The molecule has 0 unspecified atom stereocenters. The third-order valence-corrected chi connectivity index (χ3v) is 2.69. The summed E-state index contributed by atoms with van der Waals surface area (Å²) in [5.74, 6) is 0.831. The van der Waals surface area contributed by atoms with Crippen molar-refractivity contribution in [3.8, 4) is 5.75 Å². The lowest BCUT2D eigenvalue weighted by Crippen LogP contribution is -2.02. The van der Waals surface area contributed by atoms with Crippen LogP contribution in [0.15, 0.2) is 16.6 Å². The fraction of sp³-hybridized carbons (Fsp3) is 0.455. The van der Waals surface area contributed by atoms with Gasteiger partial charge in [0.15, 0.2) is 0 Å². The van der Waals surface area contributed by atoms with Gasteiger partial charge in [-0.1, -0.05) is 0 Å². The number of rotatable bonds is 5. The van der Waals surface area contributed by atoms with Crippen LogP contribution in [-0.2, 0) is 4.74 Å². The number of hydrogen-bond donors (Lipinski definition) is 1. The second-order valence-electron chi connectivity index (χ2n) is 3.33. The molecule has 0 radical (unpaired) electrons. The number of nitrogens with two attached hydrogens (primary N) is 1. The molecule has 0 fully saturated rings. The van der Waals surface area contributed by atoms with Crippen molar-refractivity contribution < 1.29 is 9.47 Å². The van der Waals surface area contributed by atoms with Gasteiger partial charge in [-0.25, -0.2) is 0 Å². The van der Waals surface area contributed by atoms with E-state index in [-0.39, 0.29) is 0 Å². The van der Waals surface area contributed by atoms with Gasteiger partial charge >= 0.3 is 0 Å². The first-order chi connectivity index (χ1) is 7.15. The van der Waals surface area contributed by atoms with E-state index in [0.29, 0.717) is 13.2 Å². The SMILES string of the molecule is COCCCOc1cc(C)c(N)cc1Br. The second kappa shape index (κ2) is 5.98. The highest BCUT2D eigenvalue weighted by molar-refractivity contribution is 9.10. The minimum absolute atomic E-state index is 0.649. The van der Waals surface area contributed by atoms with Gasteiger partial charge in [-0.05, 0) is 40.5 Å². The van der Waals surface area contributed by atoms with Gasteiger partial charge < -0.3 is 15.2 Å². The summed E-state index contributed by atoms with van der Waals surface area (Å²) in [7, 11) is 1.68. The van der Waals surface area contributed by atoms with E-state index in [9.17, 15) is 0 Å². The fourth-order valence-corrected chi connectivity index (χ4v) is 1.64. The van der Waals surface area contributed by atoms with Gasteiger partial charge in [0.2, 0.25) is 0 Å². The van der Waals surface area contributed by atoms with E-state index in [1.165, 1.54) is 0 Å². The maximum absolute atomic E-state index is 5.76. The van der Waals surface area contributed by atoms with Gasteiger partial charge in [-0.3, -0.25) is 0 Å². The molecule has 0 atom stereocenters. The van der Waals surface area contributed by atoms with Crippen LogP contribution in [0.25, 0.3) is 0 Å². The molecule has 0 aliphatic carbocycles. The van der Waals surface area contributed by atoms with Gasteiger partial charge in [0, 0.05) is 25.8 Å². The van der Waals surface area contributed by atoms with Crippen molar-refractivity contribution in [3.05, 3.63) is 22.2 Å². The Morgan fingerprint density at radius 2 is 2.07 bits per heavy atom. The van der Waals surface area contributed by atoms with Gasteiger partial charge in [-0.15, -0.1) is 0 Å². The normalized spacial score (nSPS) is 10.3. The molecule has 0 bridgehead atoms. The Labute approximate surface area is 98.7 Å². The fourth-order valence-electron chi connectivity index (χ4n) is 1.17. The largest absolute Gasteiger partial charge is 0.492 e. The standard InChI is InChI=1S/C11H16BrNO2/c1-8-6-11(9(12)7-10(8)13)15-5-3-4-14-2/h6-7H,3-5,13H2,1-2H3. The minimum atomic E-state index is 0.649. The summed E-state index contributed by atoms with van der Waals surface area (Å²) in [6.45, 7) is 3.32. The molecule has 1 rings (SSSR count). The van der Waals surface area contributed by atoms with Crippen LogP contribution in [0.3, 0.4) is 0 Å². The van der Waals surface area contributed by atoms with Crippen LogP contribution in [0.5, 0.6) is 5.75 Å². The van der Waals surface area contributed by atoms with Crippen LogP contribution in [0.2, 0.25) is 0 Å². The maximum atomic E-state index is 5.76. The molecule has 4 heteroatoms. The highest BCUT2D eigenvalue weighted by Crippen LogP contribution is 2.29. The maximum Gasteiger partial charge on any atom is 0.133 e. The summed E-state index contributed by atoms with van der Waals surface area (Å²) in [5, 5.41) is 0. The number of benzene rings is 1. The van der Waals surface area contributed by atoms with Crippen LogP contribution in [-0.4, -0.2) is 20.3 Å². The molecule has 0 saturated heterocycles. The molecule has 2 N–H and O–H groups in total. The third-order valence-electron chi connectivity index (χ3n) is 2.07. The summed E-state index contributed by atoms with van der Waals surface area (Å²) < 4.78 is 11.4. The Hall–Kier alpha value is -0.740. The van der Waals surface area contributed by atoms with Crippen LogP contribution in [0.4, 0.5) is 5.69 Å². The monoisotopic (exact) mass is 273 g/mol. The van der Waals surface area contributed by atoms with Gasteiger partial charge in [0.05, 0.1) is 11.1 Å². The number of ether oxygens (including phenoxy) is 2. The molecule has 84 valence electrons. The Morgan fingerprint density at radius 3 is 2.73 bits per heavy atom. The van der Waals surface area contributed by atoms with E-state index in [0.717, 1.165) is 27.9 Å². The molecule has 0 aromatic heterocycles. The van der Waals surface area contributed by atoms with Crippen LogP contribution in [0, 0.1) is 6.92 Å². The molecule has 15 heavy (non-hydrogen) atoms. The molecule has 1 aromatic rings. The number of halogens is 1. The van der Waals surface area contributed by atoms with Gasteiger partial charge in [0.1, 0.15) is 5.75 Å². The Bertz CT molecular complexity index is 329. The summed E-state index contributed by atoms with van der Waals surface area (Å²) in [6.07, 6.45) is 0.881. The molecule has 1 aromatic carbocycles. The summed E-state index contributed by atoms with van der Waals surface area (Å²) >= 11 is 3.41. The quantitative estimate of drug-likeness (QED) is 0.663. The van der Waals surface area contributed by atoms with E-state index in [1.54, 1.807) is 7.11 Å². The average molecular weight is 274 g/mol. The second-order valence-corrected chi connectivity index (χ2v) is 4.19. The van der Waals surface area contributed by atoms with Gasteiger partial charge in [0.25, 0.3) is 0 Å². The van der Waals surface area contributed by atoms with E-state index in [4.69, 9.17) is 15.2 Å². The van der Waals surface area contributed by atoms with E-state index >= 15 is 0 Å². The summed E-state index contributed by atoms with van der Waals surface area (Å²) in [4.78, 5) is 0. The zero-order valence-electron chi connectivity index (χ0n) is 9.05. The zero-order valence-corrected chi connectivity index (χ0v) is 10.6. The molecule has 0 amide bonds. The smallest absolute Gasteiger partial charge is 0.133 e. The molecule has 0 aliphatic heterocycles. The lowest BCUT2D eigenvalue weighted by Gasteiger charge is -2.10. The predicted octanol–water partition coefficient (Wildman–Crippen LogP) is 2.76. The summed E-state index contributed by atoms with van der Waals surface area (Å²) in [5.41, 5.74) is 7.56. The first kappa shape index (κ1) is 12.3. The molecule has 0 heterocycles. The van der Waals surface area contributed by atoms with Crippen LogP contribution in [0.1, 0.15) is 12.0 Å². The van der Waals surface area contributed by atoms with Crippen LogP contribution < -0.4 is 10.5 Å². The van der Waals surface area contributed by atoms with Crippen molar-refractivity contribution >= 4 is 21.6 Å². The number of hydrogen-bond acceptors (Lipinski definition) is 3. The van der Waals surface area contributed by atoms with Crippen molar-refractivity contribution in [1.82, 2.24) is 0 Å². The van der Waals surface area contributed by atoms with E-state index in [1.807, 2.05) is 19.1 Å². The Balaban J connectivity index is 2.57. The Kier molecular flexibility index (Phi) is 4.91. The number of anilines is 1. The van der Waals surface area contributed by atoms with Crippen LogP contribution >= 0.6 is 15.9 Å². The zero-order chi connectivity index (χ0) is 11.3. The lowest BCUT2D eigenvalue weighted by atomic mass is 10.2. The minimum Gasteiger partial charge on any atom is -0.492 e. The van der Waals surface area contributed by atoms with E-state index in [2.05, 4.69) is 15.9 Å². The predicted molar refractivity (Wildman–Crippen MR) is 65.3 cm³/mol. The van der Waals surface area contributed by atoms with Crippen molar-refractivity contribution in [1.29, 1.82) is 0 Å². The third kappa shape index (κ3) is 3.72. The van der Waals surface area contributed by atoms with E-state index < -0.39 is 0 Å². The number of methoxy groups -OCH3 is 1. The molecule has 0 spiro atoms. The first-order valence-electron chi connectivity index (χ1n) is 4.82. The first-order valence-corrected chi connectivity index (χ1v) is 5.62. The van der Waals surface area contributed by atoms with Gasteiger partial charge in [-0.2, -0.15) is 0 Å². The van der Waals surface area contributed by atoms with Crippen molar-refractivity contribution in [3.63, 3.8) is 0 Å². The molecule has 3 nitrogen and oxygen atoms in total. The number of nitrogen functional groups attached to an aromatic ring is 1. The lowest BCUT2D eigenvalue weighted by molar-refractivity contribution is 0.172. The van der Waals surface area contributed by atoms with Crippen molar-refractivity contribution in [2.45, 2.75) is 13.3 Å². The molecule has 0 saturated carbocycles. The average Bonchev–Trinajstić information content (AvgIpc) is 2.20. The molecular weight excluding hydrogens is 258 g/mol. The van der Waals surface area contributed by atoms with Crippen molar-refractivity contribution in [2.24, 2.45) is 0 Å². The Morgan fingerprint density at radius 1 is 1.33 bits per heavy atom. The highest BCUT2D eigenvalue weighted by Gasteiger charge is 2.04. The molecular formula is C11H16BrNO2. The summed E-state index contributed by atoms with van der Waals surface area (Å²) in [6, 6.07) is 3.80.